The van der Waals surface area contributed by atoms with Crippen LogP contribution in [0.15, 0.2) is 30.5 Å². The van der Waals surface area contributed by atoms with Gasteiger partial charge in [-0.05, 0) is 30.7 Å². The fourth-order valence-corrected chi connectivity index (χ4v) is 2.26. The van der Waals surface area contributed by atoms with Gasteiger partial charge in [0.1, 0.15) is 17.1 Å². The first kappa shape index (κ1) is 18.1. The Labute approximate surface area is 136 Å². The summed E-state index contributed by atoms with van der Waals surface area (Å²) in [7, 11) is 0. The van der Waals surface area contributed by atoms with Crippen LogP contribution in [-0.4, -0.2) is 10.5 Å². The summed E-state index contributed by atoms with van der Waals surface area (Å²) >= 11 is 5.90. The van der Waals surface area contributed by atoms with Crippen molar-refractivity contribution in [1.82, 2.24) is 4.57 Å². The molecule has 0 saturated heterocycles. The second-order valence-corrected chi connectivity index (χ2v) is 5.01. The van der Waals surface area contributed by atoms with Crippen LogP contribution < -0.4 is 11.2 Å². The van der Waals surface area contributed by atoms with Crippen LogP contribution in [0.3, 0.4) is 0 Å². The van der Waals surface area contributed by atoms with E-state index in [9.17, 15) is 13.6 Å². The molecular weight excluding hydrogens is 335 g/mol. The molecule has 0 aliphatic heterocycles. The molecule has 2 aromatic rings. The average Bonchev–Trinajstić information content (AvgIpc) is 2.38. The maximum absolute atomic E-state index is 13.3. The van der Waals surface area contributed by atoms with E-state index in [1.807, 2.05) is 0 Å². The molecule has 0 radical (unpaired) electrons. The van der Waals surface area contributed by atoms with Crippen molar-refractivity contribution < 1.29 is 13.6 Å². The Balaban J connectivity index is 0.00000242. The molecule has 4 nitrogen and oxygen atoms in total. The maximum atomic E-state index is 13.3. The number of nitrogens with one attached hydrogen (secondary N) is 1. The van der Waals surface area contributed by atoms with E-state index in [1.54, 1.807) is 6.92 Å². The Morgan fingerprint density at radius 2 is 1.82 bits per heavy atom. The minimum absolute atomic E-state index is 0. The van der Waals surface area contributed by atoms with Crippen LogP contribution in [0.1, 0.15) is 28.9 Å². The number of nitrogens with two attached hydrogens (primary N) is 1. The summed E-state index contributed by atoms with van der Waals surface area (Å²) in [4.78, 5) is 11.3. The molecule has 0 aliphatic carbocycles. The number of amides is 1. The monoisotopic (exact) mass is 347 g/mol. The summed E-state index contributed by atoms with van der Waals surface area (Å²) < 4.78 is 27.9. The third-order valence-electron chi connectivity index (χ3n) is 3.11. The highest BCUT2D eigenvalue weighted by molar-refractivity contribution is 6.30. The average molecular weight is 348 g/mol. The molecule has 0 bridgehead atoms. The molecule has 0 fully saturated rings. The minimum atomic E-state index is -0.797. The second kappa shape index (κ2) is 6.89. The lowest BCUT2D eigenvalue weighted by Gasteiger charge is -2.18. The molecule has 1 heterocycles. The summed E-state index contributed by atoms with van der Waals surface area (Å²) in [6.07, 6.45) is 1.41. The Kier molecular flexibility index (Phi) is 5.68. The number of carbonyl (C=O) groups excluding carboxylic acids is 1. The smallest absolute Gasteiger partial charge is 0.252 e. The Bertz CT molecular complexity index is 757. The Hall–Kier alpha value is -1.92. The Morgan fingerprint density at radius 3 is 2.32 bits per heavy atom. The first-order chi connectivity index (χ1) is 9.79. The van der Waals surface area contributed by atoms with E-state index in [1.165, 1.54) is 16.8 Å². The van der Waals surface area contributed by atoms with Crippen LogP contribution in [0.5, 0.6) is 0 Å². The van der Waals surface area contributed by atoms with Gasteiger partial charge in [-0.15, -0.1) is 12.4 Å². The van der Waals surface area contributed by atoms with Gasteiger partial charge in [0.25, 0.3) is 5.91 Å². The van der Waals surface area contributed by atoms with Gasteiger partial charge in [0.2, 0.25) is 0 Å². The van der Waals surface area contributed by atoms with Crippen LogP contribution in [0.25, 0.3) is 0 Å². The highest BCUT2D eigenvalue weighted by Crippen LogP contribution is 2.20. The van der Waals surface area contributed by atoms with Crippen molar-refractivity contribution in [2.45, 2.75) is 13.0 Å². The van der Waals surface area contributed by atoms with E-state index in [-0.39, 0.29) is 28.5 Å². The fraction of sp³-hybridized carbons (Fsp3) is 0.143. The van der Waals surface area contributed by atoms with Gasteiger partial charge in [0.15, 0.2) is 0 Å². The number of halogens is 4. The first-order valence-electron chi connectivity index (χ1n) is 6.01. The van der Waals surface area contributed by atoms with Crippen LogP contribution in [0.2, 0.25) is 5.02 Å². The molecule has 3 N–H and O–H groups in total. The highest BCUT2D eigenvalue weighted by atomic mass is 35.5. The predicted octanol–water partition coefficient (Wildman–Crippen LogP) is 3.03. The molecule has 1 aromatic carbocycles. The summed E-state index contributed by atoms with van der Waals surface area (Å²) in [5.41, 5.74) is 5.26. The van der Waals surface area contributed by atoms with E-state index < -0.39 is 23.6 Å². The molecule has 0 saturated carbocycles. The molecule has 118 valence electrons. The quantitative estimate of drug-likeness (QED) is 0.879. The van der Waals surface area contributed by atoms with E-state index in [4.69, 9.17) is 22.7 Å². The molecule has 0 aliphatic rings. The van der Waals surface area contributed by atoms with Gasteiger partial charge in [-0.25, -0.2) is 8.78 Å². The number of carbonyl (C=O) groups is 1. The summed E-state index contributed by atoms with van der Waals surface area (Å²) in [5.74, 6) is -2.24. The summed E-state index contributed by atoms with van der Waals surface area (Å²) in [6, 6.07) is 3.76. The molecule has 0 unspecified atom stereocenters. The molecule has 22 heavy (non-hydrogen) atoms. The zero-order valence-electron chi connectivity index (χ0n) is 11.4. The van der Waals surface area contributed by atoms with Crippen LogP contribution in [-0.2, 0) is 0 Å². The van der Waals surface area contributed by atoms with Crippen LogP contribution in [0.4, 0.5) is 8.78 Å². The van der Waals surface area contributed by atoms with Gasteiger partial charge in [0.05, 0.1) is 16.6 Å². The molecule has 1 amide bonds. The molecule has 0 spiro atoms. The molecular formula is C14H13Cl2F2N3O. The number of aromatic nitrogens is 1. The van der Waals surface area contributed by atoms with Crippen molar-refractivity contribution in [3.63, 3.8) is 0 Å². The molecule has 2 rings (SSSR count). The zero-order valence-corrected chi connectivity index (χ0v) is 13.0. The Morgan fingerprint density at radius 1 is 1.27 bits per heavy atom. The van der Waals surface area contributed by atoms with Gasteiger partial charge in [-0.2, -0.15) is 0 Å². The fourth-order valence-electron chi connectivity index (χ4n) is 2.05. The maximum Gasteiger partial charge on any atom is 0.252 e. The molecule has 8 heteroatoms. The predicted molar refractivity (Wildman–Crippen MR) is 81.2 cm³/mol. The van der Waals surface area contributed by atoms with Crippen molar-refractivity contribution in [2.24, 2.45) is 5.73 Å². The molecule has 1 aromatic heterocycles. The van der Waals surface area contributed by atoms with Gasteiger partial charge in [-0.1, -0.05) is 11.6 Å². The lowest BCUT2D eigenvalue weighted by molar-refractivity contribution is 0.0997. The van der Waals surface area contributed by atoms with Crippen molar-refractivity contribution >= 4 is 29.9 Å². The van der Waals surface area contributed by atoms with Gasteiger partial charge < -0.3 is 10.3 Å². The van der Waals surface area contributed by atoms with E-state index in [0.29, 0.717) is 5.56 Å². The number of benzene rings is 1. The number of rotatable bonds is 3. The lowest BCUT2D eigenvalue weighted by Crippen LogP contribution is -2.31. The SMILES string of the molecule is C[C@H](c1cc(F)cc(F)c1)n1cc(Cl)cc(C(N)=O)c1=N.Cl. The van der Waals surface area contributed by atoms with Crippen molar-refractivity contribution in [2.75, 3.05) is 0 Å². The number of hydrogen-bond acceptors (Lipinski definition) is 2. The number of hydrogen-bond donors (Lipinski definition) is 2. The van der Waals surface area contributed by atoms with E-state index in [0.717, 1.165) is 18.2 Å². The van der Waals surface area contributed by atoms with Crippen LogP contribution in [0, 0.1) is 17.0 Å². The van der Waals surface area contributed by atoms with Gasteiger partial charge in [-0.3, -0.25) is 10.2 Å². The second-order valence-electron chi connectivity index (χ2n) is 4.57. The third kappa shape index (κ3) is 3.64. The van der Waals surface area contributed by atoms with Crippen molar-refractivity contribution in [3.8, 4) is 0 Å². The summed E-state index contributed by atoms with van der Waals surface area (Å²) in [5, 5.41) is 8.17. The number of pyridine rings is 1. The standard InChI is InChI=1S/C14H12ClF2N3O.ClH/c1-7(8-2-10(16)5-11(17)3-8)20-6-9(15)4-12(13(20)18)14(19)21;/h2-7,18H,1H3,(H2,19,21);1H/t7-;/m1./s1. The number of primary amides is 1. The van der Waals surface area contributed by atoms with Crippen molar-refractivity contribution in [3.05, 3.63) is 63.7 Å². The van der Waals surface area contributed by atoms with Crippen molar-refractivity contribution in [1.29, 1.82) is 5.41 Å². The van der Waals surface area contributed by atoms with Gasteiger partial charge in [0, 0.05) is 12.3 Å². The first-order valence-corrected chi connectivity index (χ1v) is 6.39. The zero-order chi connectivity index (χ0) is 15.7. The topological polar surface area (TPSA) is 71.9 Å². The highest BCUT2D eigenvalue weighted by Gasteiger charge is 2.15. The van der Waals surface area contributed by atoms with E-state index >= 15 is 0 Å². The number of nitrogens with zero attached hydrogens (tertiary/aromatic N) is 1. The molecule has 1 atom stereocenters. The van der Waals surface area contributed by atoms with Gasteiger partial charge >= 0.3 is 0 Å². The summed E-state index contributed by atoms with van der Waals surface area (Å²) in [6.45, 7) is 1.63. The largest absolute Gasteiger partial charge is 0.365 e. The third-order valence-corrected chi connectivity index (χ3v) is 3.31. The van der Waals surface area contributed by atoms with E-state index in [2.05, 4.69) is 0 Å². The van der Waals surface area contributed by atoms with Crippen LogP contribution >= 0.6 is 24.0 Å². The minimum Gasteiger partial charge on any atom is -0.365 e. The lowest BCUT2D eigenvalue weighted by atomic mass is 10.1. The normalized spacial score (nSPS) is 11.6.